The average Bonchev–Trinajstić information content (AvgIpc) is 2.05. The summed E-state index contributed by atoms with van der Waals surface area (Å²) in [5.74, 6) is -1.31. The SMILES string of the molecule is O=Cc1cc(C(=O)[O-])ccn1.[Na+]. The van der Waals surface area contributed by atoms with Crippen LogP contribution in [-0.2, 0) is 0 Å². The number of carboxylic acids is 1. The second-order valence-electron chi connectivity index (χ2n) is 1.87. The molecule has 0 N–H and O–H groups in total. The molecule has 0 bridgehead atoms. The van der Waals surface area contributed by atoms with Gasteiger partial charge in [0.25, 0.3) is 0 Å². The molecule has 12 heavy (non-hydrogen) atoms. The van der Waals surface area contributed by atoms with Gasteiger partial charge in [0, 0.05) is 11.8 Å². The summed E-state index contributed by atoms with van der Waals surface area (Å²) in [7, 11) is 0. The standard InChI is InChI=1S/C7H5NO3.Na/c9-4-6-3-5(7(10)11)1-2-8-6;/h1-4H,(H,10,11);/q;+1/p-1. The minimum absolute atomic E-state index is 0. The summed E-state index contributed by atoms with van der Waals surface area (Å²) in [4.78, 5) is 23.9. The van der Waals surface area contributed by atoms with Crippen molar-refractivity contribution in [2.24, 2.45) is 0 Å². The van der Waals surface area contributed by atoms with Crippen molar-refractivity contribution in [3.05, 3.63) is 29.6 Å². The average molecular weight is 173 g/mol. The van der Waals surface area contributed by atoms with Crippen molar-refractivity contribution < 1.29 is 44.3 Å². The van der Waals surface area contributed by atoms with Gasteiger partial charge in [0.1, 0.15) is 5.69 Å². The molecule has 1 aromatic heterocycles. The number of hydrogen-bond acceptors (Lipinski definition) is 4. The molecule has 0 spiro atoms. The van der Waals surface area contributed by atoms with Gasteiger partial charge < -0.3 is 9.90 Å². The summed E-state index contributed by atoms with van der Waals surface area (Å²) in [5, 5.41) is 10.2. The molecule has 0 saturated heterocycles. The van der Waals surface area contributed by atoms with Crippen LogP contribution in [0.3, 0.4) is 0 Å². The van der Waals surface area contributed by atoms with Gasteiger partial charge in [0.05, 0.1) is 5.97 Å². The van der Waals surface area contributed by atoms with Gasteiger partial charge in [-0.2, -0.15) is 0 Å². The molecule has 4 nitrogen and oxygen atoms in total. The van der Waals surface area contributed by atoms with Crippen LogP contribution in [0.15, 0.2) is 18.3 Å². The van der Waals surface area contributed by atoms with Crippen LogP contribution in [-0.4, -0.2) is 17.2 Å². The zero-order valence-electron chi connectivity index (χ0n) is 6.48. The van der Waals surface area contributed by atoms with Crippen molar-refractivity contribution in [3.8, 4) is 0 Å². The van der Waals surface area contributed by atoms with E-state index in [0.717, 1.165) is 6.07 Å². The molecule has 0 atom stereocenters. The minimum atomic E-state index is -1.31. The molecule has 0 unspecified atom stereocenters. The number of aromatic carboxylic acids is 1. The Kier molecular flexibility index (Phi) is 4.73. The maximum atomic E-state index is 10.2. The van der Waals surface area contributed by atoms with Gasteiger partial charge in [-0.3, -0.25) is 9.78 Å². The molecule has 56 valence electrons. The molecule has 0 fully saturated rings. The normalized spacial score (nSPS) is 8.33. The number of carbonyl (C=O) groups is 2. The van der Waals surface area contributed by atoms with E-state index in [1.807, 2.05) is 0 Å². The summed E-state index contributed by atoms with van der Waals surface area (Å²) in [6, 6.07) is 2.42. The van der Waals surface area contributed by atoms with E-state index >= 15 is 0 Å². The number of rotatable bonds is 2. The summed E-state index contributed by atoms with van der Waals surface area (Å²) in [5.41, 5.74) is 0.0498. The van der Waals surface area contributed by atoms with E-state index in [-0.39, 0.29) is 40.8 Å². The first-order valence-corrected chi connectivity index (χ1v) is 2.86. The quantitative estimate of drug-likeness (QED) is 0.340. The zero-order chi connectivity index (χ0) is 8.27. The first-order valence-electron chi connectivity index (χ1n) is 2.86. The molecule has 0 amide bonds. The van der Waals surface area contributed by atoms with Crippen LogP contribution < -0.4 is 34.7 Å². The third kappa shape index (κ3) is 2.73. The monoisotopic (exact) mass is 173 g/mol. The van der Waals surface area contributed by atoms with Crippen LogP contribution in [0.25, 0.3) is 0 Å². The first kappa shape index (κ1) is 11.3. The predicted octanol–water partition coefficient (Wildman–Crippen LogP) is -3.74. The Morgan fingerprint density at radius 3 is 2.75 bits per heavy atom. The van der Waals surface area contributed by atoms with Crippen molar-refractivity contribution in [1.29, 1.82) is 0 Å². The fourth-order valence-corrected chi connectivity index (χ4v) is 0.640. The van der Waals surface area contributed by atoms with Crippen LogP contribution >= 0.6 is 0 Å². The molecule has 0 saturated carbocycles. The summed E-state index contributed by atoms with van der Waals surface area (Å²) >= 11 is 0. The number of nitrogens with zero attached hydrogens (tertiary/aromatic N) is 1. The molecule has 5 heteroatoms. The Hall–Kier alpha value is -0.710. The molecule has 1 aromatic rings. The van der Waals surface area contributed by atoms with E-state index in [9.17, 15) is 14.7 Å². The van der Waals surface area contributed by atoms with Gasteiger partial charge in [0.15, 0.2) is 6.29 Å². The van der Waals surface area contributed by atoms with Crippen molar-refractivity contribution in [3.63, 3.8) is 0 Å². The van der Waals surface area contributed by atoms with Crippen LogP contribution in [0.5, 0.6) is 0 Å². The van der Waals surface area contributed by atoms with Gasteiger partial charge in [-0.1, -0.05) is 0 Å². The largest absolute Gasteiger partial charge is 1.00 e. The Labute approximate surface area is 90.9 Å². The summed E-state index contributed by atoms with van der Waals surface area (Å²) in [6.45, 7) is 0. The molecule has 0 aromatic carbocycles. The fraction of sp³-hybridized carbons (Fsp3) is 0. The third-order valence-electron chi connectivity index (χ3n) is 1.14. The van der Waals surface area contributed by atoms with Crippen molar-refractivity contribution in [2.75, 3.05) is 0 Å². The fourth-order valence-electron chi connectivity index (χ4n) is 0.640. The van der Waals surface area contributed by atoms with Crippen LogP contribution in [0, 0.1) is 0 Å². The molecule has 0 aliphatic heterocycles. The Bertz CT molecular complexity index is 300. The van der Waals surface area contributed by atoms with Crippen LogP contribution in [0.1, 0.15) is 20.8 Å². The first-order chi connectivity index (χ1) is 5.24. The van der Waals surface area contributed by atoms with Gasteiger partial charge in [-0.05, 0) is 12.1 Å². The van der Waals surface area contributed by atoms with Gasteiger partial charge >= 0.3 is 29.6 Å². The number of carboxylic acid groups (broad SMARTS) is 1. The van der Waals surface area contributed by atoms with E-state index in [1.54, 1.807) is 0 Å². The van der Waals surface area contributed by atoms with Crippen LogP contribution in [0.4, 0.5) is 0 Å². The number of hydrogen-bond donors (Lipinski definition) is 0. The van der Waals surface area contributed by atoms with Gasteiger partial charge in [-0.15, -0.1) is 0 Å². The smallest absolute Gasteiger partial charge is 0.545 e. The minimum Gasteiger partial charge on any atom is -0.545 e. The number of pyridine rings is 1. The maximum Gasteiger partial charge on any atom is 1.00 e. The van der Waals surface area contributed by atoms with Crippen molar-refractivity contribution in [1.82, 2.24) is 4.98 Å². The molecular weight excluding hydrogens is 169 g/mol. The van der Waals surface area contributed by atoms with Crippen molar-refractivity contribution >= 4 is 12.3 Å². The Balaban J connectivity index is 0.00000121. The number of aromatic nitrogens is 1. The second kappa shape index (κ2) is 5.03. The number of carbonyl (C=O) groups excluding carboxylic acids is 2. The maximum absolute atomic E-state index is 10.2. The predicted molar refractivity (Wildman–Crippen MR) is 34.0 cm³/mol. The summed E-state index contributed by atoms with van der Waals surface area (Å²) < 4.78 is 0. The van der Waals surface area contributed by atoms with Crippen molar-refractivity contribution in [2.45, 2.75) is 0 Å². The van der Waals surface area contributed by atoms with E-state index in [4.69, 9.17) is 0 Å². The molecule has 1 heterocycles. The van der Waals surface area contributed by atoms with Gasteiger partial charge in [-0.25, -0.2) is 0 Å². The van der Waals surface area contributed by atoms with Crippen LogP contribution in [0.2, 0.25) is 0 Å². The van der Waals surface area contributed by atoms with E-state index in [0.29, 0.717) is 6.29 Å². The second-order valence-corrected chi connectivity index (χ2v) is 1.87. The molecule has 1 rings (SSSR count). The van der Waals surface area contributed by atoms with E-state index < -0.39 is 5.97 Å². The van der Waals surface area contributed by atoms with E-state index in [2.05, 4.69) is 4.98 Å². The Morgan fingerprint density at radius 2 is 2.25 bits per heavy atom. The molecular formula is C7H4NNaO3. The van der Waals surface area contributed by atoms with E-state index in [1.165, 1.54) is 12.3 Å². The summed E-state index contributed by atoms with van der Waals surface area (Å²) in [6.07, 6.45) is 1.72. The molecule has 0 aliphatic carbocycles. The zero-order valence-corrected chi connectivity index (χ0v) is 8.48. The number of aldehydes is 1. The Morgan fingerprint density at radius 1 is 1.58 bits per heavy atom. The third-order valence-corrected chi connectivity index (χ3v) is 1.14. The van der Waals surface area contributed by atoms with Gasteiger partial charge in [0.2, 0.25) is 0 Å². The molecule has 0 radical (unpaired) electrons. The molecule has 0 aliphatic rings. The topological polar surface area (TPSA) is 70.1 Å².